The zero-order valence-corrected chi connectivity index (χ0v) is 59.0. The highest BCUT2D eigenvalue weighted by Crippen LogP contribution is 2.42. The van der Waals surface area contributed by atoms with Gasteiger partial charge in [-0.15, -0.1) is 0 Å². The van der Waals surface area contributed by atoms with Crippen LogP contribution in [0.5, 0.6) is 0 Å². The number of rotatable bonds is 26. The SMILES string of the molecule is C[Si](C)(C)CCOCN(COCC[Si](C)(C)C)c1c(Br)c(N2CCOCC2)nc2c(-c3cnc4ccccc4c3)cnn12.[C-]#[N+]c1c(N2CCOCC2)nc2c(-c3cnc4ccccc4c3)cnn2c1N(COCC[Si](C)(C)C)COCC[Si](C)(C)C. The van der Waals surface area contributed by atoms with Crippen LogP contribution in [-0.4, -0.2) is 177 Å². The van der Waals surface area contributed by atoms with E-state index in [4.69, 9.17) is 65.1 Å². The lowest BCUT2D eigenvalue weighted by Gasteiger charge is -2.32. The van der Waals surface area contributed by atoms with Crippen molar-refractivity contribution in [2.75, 3.05) is 126 Å². The highest BCUT2D eigenvalue weighted by molar-refractivity contribution is 9.10. The van der Waals surface area contributed by atoms with E-state index in [9.17, 15) is 0 Å². The smallest absolute Gasteiger partial charge is 0.269 e. The summed E-state index contributed by atoms with van der Waals surface area (Å²) in [6, 6.07) is 24.8. The van der Waals surface area contributed by atoms with Gasteiger partial charge in [-0.3, -0.25) is 9.97 Å². The average molecular weight is 1320 g/mol. The van der Waals surface area contributed by atoms with Gasteiger partial charge in [0.1, 0.15) is 48.8 Å². The number of anilines is 4. The number of benzene rings is 2. The van der Waals surface area contributed by atoms with Gasteiger partial charge in [-0.25, -0.2) is 19.3 Å². The highest BCUT2D eigenvalue weighted by Gasteiger charge is 2.30. The van der Waals surface area contributed by atoms with E-state index < -0.39 is 32.3 Å². The molecule has 2 saturated heterocycles. The first-order chi connectivity index (χ1) is 41.5. The van der Waals surface area contributed by atoms with E-state index >= 15 is 0 Å². The lowest BCUT2D eigenvalue weighted by Crippen LogP contribution is -2.38. The number of fused-ring (bicyclic) bond motifs is 4. The van der Waals surface area contributed by atoms with Crippen molar-refractivity contribution in [2.24, 2.45) is 0 Å². The number of halogens is 1. The zero-order valence-electron chi connectivity index (χ0n) is 53.4. The minimum absolute atomic E-state index is 0.286. The summed E-state index contributed by atoms with van der Waals surface area (Å²) in [7, 11) is -5.02. The maximum atomic E-state index is 8.34. The molecule has 0 aliphatic carbocycles. The van der Waals surface area contributed by atoms with Gasteiger partial charge in [0.25, 0.3) is 5.69 Å². The van der Waals surface area contributed by atoms with Crippen molar-refractivity contribution in [2.45, 2.75) is 103 Å². The number of aromatic nitrogens is 8. The van der Waals surface area contributed by atoms with E-state index in [1.165, 1.54) is 0 Å². The fourth-order valence-electron chi connectivity index (χ4n) is 9.92. The Kier molecular flexibility index (Phi) is 22.1. The van der Waals surface area contributed by atoms with Crippen molar-refractivity contribution in [3.05, 3.63) is 101 Å². The second-order valence-electron chi connectivity index (χ2n) is 27.4. The van der Waals surface area contributed by atoms with E-state index in [2.05, 4.69) is 138 Å². The standard InChI is InChI=1S/C32H45N7O3Si2.C31H45BrN6O3Si2/c1-33-29-31(37-12-14-40-15-13-37)36-30-27(26-20-25-10-8-9-11-28(25)34-21-26)22-35-39(30)32(29)38(23-41-16-18-43(2,3)4)24-42-17-19-44(5,6)7;1-42(2,3)17-15-40-22-37(23-41-16-18-43(4,5)6)31-28(32)30(36-11-13-39-14-12-36)35-29-26(21-34-38(29)31)25-19-24-9-7-8-10-27(24)33-20-25/h8-11,20-22H,12-19,23-24H2,2-7H3;7-10,19-21H,11-18,22-23H2,1-6H3. The van der Waals surface area contributed by atoms with Crippen LogP contribution < -0.4 is 19.6 Å². The van der Waals surface area contributed by atoms with Crippen molar-refractivity contribution < 1.29 is 28.4 Å². The van der Waals surface area contributed by atoms with Crippen molar-refractivity contribution >= 4 is 110 Å². The van der Waals surface area contributed by atoms with Gasteiger partial charge in [-0.2, -0.15) is 14.7 Å². The lowest BCUT2D eigenvalue weighted by molar-refractivity contribution is 0.0940. The minimum Gasteiger partial charge on any atom is -0.378 e. The molecule has 0 unspecified atom stereocenters. The first-order valence-electron chi connectivity index (χ1n) is 30.6. The van der Waals surface area contributed by atoms with Crippen molar-refractivity contribution in [3.63, 3.8) is 0 Å². The number of hydrogen-bond acceptors (Lipinski definition) is 16. The lowest BCUT2D eigenvalue weighted by atomic mass is 10.1. The van der Waals surface area contributed by atoms with Crippen LogP contribution in [0.25, 0.3) is 60.2 Å². The molecule has 2 aliphatic heterocycles. The highest BCUT2D eigenvalue weighted by atomic mass is 79.9. The Balaban J connectivity index is 0.000000208. The molecule has 466 valence electrons. The Morgan fingerprint density at radius 2 is 0.885 bits per heavy atom. The summed E-state index contributed by atoms with van der Waals surface area (Å²) >= 11 is 3.96. The van der Waals surface area contributed by atoms with Crippen LogP contribution in [0, 0.1) is 6.57 Å². The van der Waals surface area contributed by atoms with Crippen LogP contribution in [-0.2, 0) is 28.4 Å². The van der Waals surface area contributed by atoms with Gasteiger partial charge >= 0.3 is 0 Å². The number of para-hydroxylation sites is 2. The van der Waals surface area contributed by atoms with Crippen LogP contribution in [0.4, 0.5) is 29.0 Å². The molecule has 0 radical (unpaired) electrons. The molecule has 0 bridgehead atoms. The number of nitrogens with zero attached hydrogens (tertiary/aromatic N) is 13. The second-order valence-corrected chi connectivity index (χ2v) is 50.7. The summed E-state index contributed by atoms with van der Waals surface area (Å²) in [4.78, 5) is 32.4. The molecule has 0 amide bonds. The number of hydrogen-bond donors (Lipinski definition) is 0. The Hall–Kier alpha value is -5.70. The van der Waals surface area contributed by atoms with Crippen LogP contribution in [0.15, 0.2) is 89.9 Å². The Morgan fingerprint density at radius 1 is 0.517 bits per heavy atom. The molecule has 2 aromatic carbocycles. The molecule has 87 heavy (non-hydrogen) atoms. The van der Waals surface area contributed by atoms with E-state index in [1.807, 2.05) is 70.6 Å². The molecule has 0 atom stereocenters. The van der Waals surface area contributed by atoms with E-state index in [0.29, 0.717) is 89.2 Å². The summed E-state index contributed by atoms with van der Waals surface area (Å²) in [5, 5.41) is 11.8. The third-order valence-electron chi connectivity index (χ3n) is 15.2. The minimum atomic E-state index is -1.28. The van der Waals surface area contributed by atoms with Gasteiger partial charge < -0.3 is 48.0 Å². The van der Waals surface area contributed by atoms with Crippen molar-refractivity contribution in [1.29, 1.82) is 0 Å². The molecule has 0 spiro atoms. The van der Waals surface area contributed by atoms with Gasteiger partial charge in [0, 0.05) is 130 Å². The van der Waals surface area contributed by atoms with Gasteiger partial charge in [0.05, 0.1) is 56.4 Å². The fraction of sp³-hybridized carbons (Fsp3) is 0.508. The van der Waals surface area contributed by atoms with Gasteiger partial charge in [0.15, 0.2) is 17.1 Å². The van der Waals surface area contributed by atoms with Crippen molar-refractivity contribution in [1.82, 2.24) is 39.2 Å². The molecule has 19 nitrogen and oxygen atoms in total. The zero-order chi connectivity index (χ0) is 61.9. The quantitative estimate of drug-likeness (QED) is 0.0218. The van der Waals surface area contributed by atoms with Crippen LogP contribution in [0.1, 0.15) is 0 Å². The maximum Gasteiger partial charge on any atom is 0.269 e. The molecular weight excluding hydrogens is 1230 g/mol. The Bertz CT molecular complexity index is 3580. The summed E-state index contributed by atoms with van der Waals surface area (Å²) in [6.45, 7) is 46.1. The third-order valence-corrected chi connectivity index (χ3v) is 22.8. The van der Waals surface area contributed by atoms with Gasteiger partial charge in [-0.05, 0) is 64.4 Å². The van der Waals surface area contributed by atoms with Crippen LogP contribution >= 0.6 is 15.9 Å². The number of ether oxygens (including phenoxy) is 6. The topological polar surface area (TPSA) is 159 Å². The molecule has 2 fully saturated rings. The van der Waals surface area contributed by atoms with Crippen molar-refractivity contribution in [3.8, 4) is 22.3 Å². The predicted molar refractivity (Wildman–Crippen MR) is 368 cm³/mol. The summed E-state index contributed by atoms with van der Waals surface area (Å²) in [5.74, 6) is 3.01. The molecule has 8 heterocycles. The summed E-state index contributed by atoms with van der Waals surface area (Å²) < 4.78 is 41.1. The van der Waals surface area contributed by atoms with Gasteiger partial charge in [-0.1, -0.05) is 115 Å². The molecular formula is C63H90BrN13O6Si4. The third kappa shape index (κ3) is 17.8. The molecule has 10 rings (SSSR count). The van der Waals surface area contributed by atoms with Crippen LogP contribution in [0.3, 0.4) is 0 Å². The Labute approximate surface area is 526 Å². The maximum absolute atomic E-state index is 8.34. The summed E-state index contributed by atoms with van der Waals surface area (Å²) in [5.41, 5.74) is 7.46. The largest absolute Gasteiger partial charge is 0.378 e. The molecule has 0 saturated carbocycles. The molecule has 0 N–H and O–H groups in total. The first kappa shape index (κ1) is 65.7. The fourth-order valence-corrected chi connectivity index (χ4v) is 13.7. The Morgan fingerprint density at radius 3 is 1.29 bits per heavy atom. The molecule has 2 aliphatic rings. The molecule has 6 aromatic heterocycles. The van der Waals surface area contributed by atoms with E-state index in [1.54, 1.807) is 4.52 Å². The van der Waals surface area contributed by atoms with E-state index in [0.717, 1.165) is 116 Å². The van der Waals surface area contributed by atoms with Crippen LogP contribution in [0.2, 0.25) is 103 Å². The summed E-state index contributed by atoms with van der Waals surface area (Å²) in [6.07, 6.45) is 7.50. The predicted octanol–water partition coefficient (Wildman–Crippen LogP) is 13.7. The van der Waals surface area contributed by atoms with Gasteiger partial charge in [0.2, 0.25) is 0 Å². The number of morpholine rings is 2. The molecule has 8 aromatic rings. The average Bonchev–Trinajstić information content (AvgIpc) is 1.77. The van der Waals surface area contributed by atoms with E-state index in [-0.39, 0.29) is 13.5 Å². The second kappa shape index (κ2) is 29.3. The normalized spacial score (nSPS) is 14.5. The number of pyridine rings is 2. The monoisotopic (exact) mass is 1320 g/mol. The first-order valence-corrected chi connectivity index (χ1v) is 46.2. The molecule has 24 heteroatoms.